The van der Waals surface area contributed by atoms with E-state index in [0.29, 0.717) is 19.3 Å². The number of allylic oxidation sites excluding steroid dienone is 8. The van der Waals surface area contributed by atoms with Crippen LogP contribution in [0.4, 0.5) is 0 Å². The standard InChI is InChI=1S/C77H142O6/c1-4-7-10-13-15-17-19-21-23-25-27-29-31-33-35-36-37-38-39-40-42-43-45-47-49-51-53-55-57-59-61-64-67-70-76(79)82-73-74(72-81-75(78)69-66-63-12-9-6-3)83-77(80)71-68-65-62-60-58-56-54-52-50-48-46-44-41-34-32-30-28-26-24-22-20-18-16-14-11-8-5-2/h8,11,16,18,22,24,28,30,74H,4-7,9-10,12-15,17,19-21,23,25-27,29,31-73H2,1-3H3/b11-8-,18-16-,24-22-,30-28-. The van der Waals surface area contributed by atoms with E-state index in [1.807, 2.05) is 0 Å². The van der Waals surface area contributed by atoms with Crippen LogP contribution < -0.4 is 0 Å². The Kier molecular flexibility index (Phi) is 69.6. The highest BCUT2D eigenvalue weighted by molar-refractivity contribution is 5.71. The minimum atomic E-state index is -0.768. The molecule has 1 atom stereocenters. The Balaban J connectivity index is 3.88. The van der Waals surface area contributed by atoms with Crippen LogP contribution in [0.5, 0.6) is 0 Å². The van der Waals surface area contributed by atoms with Crippen molar-refractivity contribution in [3.63, 3.8) is 0 Å². The molecule has 0 radical (unpaired) electrons. The molecule has 83 heavy (non-hydrogen) atoms. The molecule has 0 spiro atoms. The predicted molar refractivity (Wildman–Crippen MR) is 362 cm³/mol. The number of carbonyl (C=O) groups is 3. The molecule has 0 aromatic heterocycles. The van der Waals surface area contributed by atoms with Crippen LogP contribution in [-0.2, 0) is 28.6 Å². The van der Waals surface area contributed by atoms with Gasteiger partial charge in [-0.2, -0.15) is 0 Å². The first-order chi connectivity index (χ1) is 41.0. The zero-order valence-corrected chi connectivity index (χ0v) is 56.0. The lowest BCUT2D eigenvalue weighted by Gasteiger charge is -2.18. The normalized spacial score (nSPS) is 12.3. The van der Waals surface area contributed by atoms with Gasteiger partial charge in [0.2, 0.25) is 0 Å². The monoisotopic (exact) mass is 1160 g/mol. The average Bonchev–Trinajstić information content (AvgIpc) is 3.49. The van der Waals surface area contributed by atoms with Gasteiger partial charge in [0, 0.05) is 19.3 Å². The molecule has 0 N–H and O–H groups in total. The van der Waals surface area contributed by atoms with Crippen LogP contribution >= 0.6 is 0 Å². The molecule has 6 heteroatoms. The van der Waals surface area contributed by atoms with Crippen molar-refractivity contribution >= 4 is 17.9 Å². The van der Waals surface area contributed by atoms with E-state index < -0.39 is 6.10 Å². The second-order valence-electron chi connectivity index (χ2n) is 25.2. The fourth-order valence-electron chi connectivity index (χ4n) is 11.3. The predicted octanol–water partition coefficient (Wildman–Crippen LogP) is 25.7. The van der Waals surface area contributed by atoms with Crippen LogP contribution in [-0.4, -0.2) is 37.2 Å². The van der Waals surface area contributed by atoms with E-state index in [9.17, 15) is 14.4 Å². The van der Waals surface area contributed by atoms with Crippen molar-refractivity contribution in [3.8, 4) is 0 Å². The van der Waals surface area contributed by atoms with Crippen molar-refractivity contribution in [1.82, 2.24) is 0 Å². The van der Waals surface area contributed by atoms with Crippen LogP contribution in [0.15, 0.2) is 48.6 Å². The van der Waals surface area contributed by atoms with Gasteiger partial charge >= 0.3 is 17.9 Å². The molecule has 0 aliphatic heterocycles. The first-order valence-electron chi connectivity index (χ1n) is 37.1. The highest BCUT2D eigenvalue weighted by atomic mass is 16.6. The number of hydrogen-bond donors (Lipinski definition) is 0. The summed E-state index contributed by atoms with van der Waals surface area (Å²) in [6.07, 6.45) is 92.3. The molecular weight excluding hydrogens is 1020 g/mol. The second kappa shape index (κ2) is 71.8. The maximum Gasteiger partial charge on any atom is 0.306 e. The maximum absolute atomic E-state index is 12.9. The van der Waals surface area contributed by atoms with E-state index >= 15 is 0 Å². The molecule has 0 amide bonds. The number of unbranched alkanes of at least 4 members (excludes halogenated alkanes) is 50. The Morgan fingerprint density at radius 1 is 0.253 bits per heavy atom. The lowest BCUT2D eigenvalue weighted by molar-refractivity contribution is -0.167. The van der Waals surface area contributed by atoms with Crippen LogP contribution in [0.25, 0.3) is 0 Å². The van der Waals surface area contributed by atoms with Gasteiger partial charge in [0.15, 0.2) is 6.10 Å². The molecular formula is C77H142O6. The SMILES string of the molecule is CC/C=C\C/C=C\C/C=C\C/C=C\CCCCCCCCCCCCCCCCC(=O)OC(COC(=O)CCCCCCC)COC(=O)CCCCCCCCCCCCCCCCCCCCCCCCCCCCCCCCCCC. The largest absolute Gasteiger partial charge is 0.462 e. The van der Waals surface area contributed by atoms with Crippen molar-refractivity contribution in [1.29, 1.82) is 0 Å². The molecule has 0 aromatic rings. The highest BCUT2D eigenvalue weighted by Crippen LogP contribution is 2.19. The van der Waals surface area contributed by atoms with E-state index in [1.54, 1.807) is 0 Å². The molecule has 6 nitrogen and oxygen atoms in total. The van der Waals surface area contributed by atoms with Gasteiger partial charge in [-0.1, -0.05) is 378 Å². The molecule has 1 unspecified atom stereocenters. The smallest absolute Gasteiger partial charge is 0.306 e. The summed E-state index contributed by atoms with van der Waals surface area (Å²) in [5.41, 5.74) is 0. The summed E-state index contributed by atoms with van der Waals surface area (Å²) >= 11 is 0. The molecule has 0 fully saturated rings. The van der Waals surface area contributed by atoms with E-state index in [0.717, 1.165) is 89.9 Å². The Labute approximate surface area is 518 Å². The second-order valence-corrected chi connectivity index (χ2v) is 25.2. The van der Waals surface area contributed by atoms with Crippen molar-refractivity contribution in [2.24, 2.45) is 0 Å². The van der Waals surface area contributed by atoms with Crippen LogP contribution in [0, 0.1) is 0 Å². The Morgan fingerprint density at radius 3 is 0.735 bits per heavy atom. The fourth-order valence-corrected chi connectivity index (χ4v) is 11.3. The van der Waals surface area contributed by atoms with Crippen molar-refractivity contribution in [2.75, 3.05) is 13.2 Å². The quantitative estimate of drug-likeness (QED) is 0.0261. The molecule has 0 aliphatic rings. The van der Waals surface area contributed by atoms with E-state index in [2.05, 4.69) is 69.4 Å². The first kappa shape index (κ1) is 80.4. The summed E-state index contributed by atoms with van der Waals surface area (Å²) in [6, 6.07) is 0. The minimum absolute atomic E-state index is 0.0682. The topological polar surface area (TPSA) is 78.9 Å². The van der Waals surface area contributed by atoms with Crippen LogP contribution in [0.2, 0.25) is 0 Å². The number of ether oxygens (including phenoxy) is 3. The average molecular weight is 1160 g/mol. The third kappa shape index (κ3) is 70.0. The van der Waals surface area contributed by atoms with Gasteiger partial charge in [-0.05, 0) is 57.8 Å². The van der Waals surface area contributed by atoms with Gasteiger partial charge in [-0.3, -0.25) is 14.4 Å². The van der Waals surface area contributed by atoms with Crippen molar-refractivity contribution in [2.45, 2.75) is 412 Å². The third-order valence-corrected chi connectivity index (χ3v) is 16.8. The zero-order chi connectivity index (χ0) is 59.9. The number of carbonyl (C=O) groups excluding carboxylic acids is 3. The molecule has 0 aliphatic carbocycles. The third-order valence-electron chi connectivity index (χ3n) is 16.8. The Morgan fingerprint density at radius 2 is 0.470 bits per heavy atom. The first-order valence-corrected chi connectivity index (χ1v) is 37.1. The minimum Gasteiger partial charge on any atom is -0.462 e. The fraction of sp³-hybridized carbons (Fsp3) is 0.857. The van der Waals surface area contributed by atoms with E-state index in [1.165, 1.54) is 276 Å². The molecule has 0 saturated carbocycles. The van der Waals surface area contributed by atoms with Crippen LogP contribution in [0.1, 0.15) is 406 Å². The van der Waals surface area contributed by atoms with Gasteiger partial charge in [0.1, 0.15) is 13.2 Å². The summed E-state index contributed by atoms with van der Waals surface area (Å²) in [5, 5.41) is 0. The number of rotatable bonds is 69. The van der Waals surface area contributed by atoms with E-state index in [-0.39, 0.29) is 31.1 Å². The summed E-state index contributed by atoms with van der Waals surface area (Å²) < 4.78 is 16.8. The maximum atomic E-state index is 12.9. The molecule has 0 bridgehead atoms. The lowest BCUT2D eigenvalue weighted by atomic mass is 10.0. The zero-order valence-electron chi connectivity index (χ0n) is 56.0. The number of esters is 3. The molecule has 486 valence electrons. The van der Waals surface area contributed by atoms with Crippen LogP contribution in [0.3, 0.4) is 0 Å². The van der Waals surface area contributed by atoms with Crippen molar-refractivity contribution in [3.05, 3.63) is 48.6 Å². The number of hydrogen-bond acceptors (Lipinski definition) is 6. The van der Waals surface area contributed by atoms with Gasteiger partial charge in [-0.25, -0.2) is 0 Å². The molecule has 0 saturated heterocycles. The Hall–Kier alpha value is -2.63. The molecule has 0 rings (SSSR count). The Bertz CT molecular complexity index is 1430. The summed E-state index contributed by atoms with van der Waals surface area (Å²) in [7, 11) is 0. The van der Waals surface area contributed by atoms with Gasteiger partial charge < -0.3 is 14.2 Å². The van der Waals surface area contributed by atoms with E-state index in [4.69, 9.17) is 14.2 Å². The summed E-state index contributed by atoms with van der Waals surface area (Å²) in [5.74, 6) is -0.858. The van der Waals surface area contributed by atoms with Gasteiger partial charge in [0.05, 0.1) is 0 Å². The van der Waals surface area contributed by atoms with Gasteiger partial charge in [-0.15, -0.1) is 0 Å². The molecule has 0 heterocycles. The lowest BCUT2D eigenvalue weighted by Crippen LogP contribution is -2.30. The highest BCUT2D eigenvalue weighted by Gasteiger charge is 2.19. The summed E-state index contributed by atoms with van der Waals surface area (Å²) in [6.45, 7) is 6.51. The van der Waals surface area contributed by atoms with Gasteiger partial charge in [0.25, 0.3) is 0 Å². The summed E-state index contributed by atoms with van der Waals surface area (Å²) in [4.78, 5) is 38.1. The molecule has 0 aromatic carbocycles. The van der Waals surface area contributed by atoms with Crippen molar-refractivity contribution < 1.29 is 28.6 Å².